The summed E-state index contributed by atoms with van der Waals surface area (Å²) < 4.78 is 0. The predicted molar refractivity (Wildman–Crippen MR) is 73.6 cm³/mol. The lowest BCUT2D eigenvalue weighted by Gasteiger charge is -2.30. The lowest BCUT2D eigenvalue weighted by Crippen LogP contribution is -2.20. The monoisotopic (exact) mass is 224 g/mol. The third-order valence-electron chi connectivity index (χ3n) is 5.13. The molecule has 1 fully saturated rings. The Morgan fingerprint density at radius 3 is 2.12 bits per heavy atom. The van der Waals surface area contributed by atoms with Crippen LogP contribution in [0.1, 0.15) is 79.1 Å². The van der Waals surface area contributed by atoms with Gasteiger partial charge in [0.25, 0.3) is 0 Å². The minimum Gasteiger partial charge on any atom is -0.0651 e. The maximum Gasteiger partial charge on any atom is -0.0363 e. The SMILES string of the molecule is CCC1CCCC(C)C(CC)C(CC)CC1. The van der Waals surface area contributed by atoms with Gasteiger partial charge in [0.15, 0.2) is 0 Å². The Bertz CT molecular complexity index is 173. The second-order valence-electron chi connectivity index (χ2n) is 6.00. The molecule has 0 aromatic carbocycles. The molecule has 96 valence electrons. The topological polar surface area (TPSA) is 0 Å². The minimum atomic E-state index is 0.963. The van der Waals surface area contributed by atoms with Crippen LogP contribution in [-0.4, -0.2) is 0 Å². The fourth-order valence-electron chi connectivity index (χ4n) is 3.87. The highest BCUT2D eigenvalue weighted by Crippen LogP contribution is 2.37. The summed E-state index contributed by atoms with van der Waals surface area (Å²) in [6.45, 7) is 9.69. The molecule has 0 aromatic rings. The highest BCUT2D eigenvalue weighted by atomic mass is 14.3. The molecule has 1 aliphatic carbocycles. The summed E-state index contributed by atoms with van der Waals surface area (Å²) in [5, 5.41) is 0. The van der Waals surface area contributed by atoms with E-state index in [4.69, 9.17) is 0 Å². The van der Waals surface area contributed by atoms with E-state index in [-0.39, 0.29) is 0 Å². The van der Waals surface area contributed by atoms with Gasteiger partial charge in [-0.3, -0.25) is 0 Å². The van der Waals surface area contributed by atoms with Crippen molar-refractivity contribution in [1.29, 1.82) is 0 Å². The summed E-state index contributed by atoms with van der Waals surface area (Å²) in [6, 6.07) is 0. The van der Waals surface area contributed by atoms with Crippen LogP contribution in [-0.2, 0) is 0 Å². The molecule has 4 unspecified atom stereocenters. The van der Waals surface area contributed by atoms with E-state index in [0.29, 0.717) is 0 Å². The third-order valence-corrected chi connectivity index (χ3v) is 5.13. The van der Waals surface area contributed by atoms with Crippen molar-refractivity contribution in [1.82, 2.24) is 0 Å². The summed E-state index contributed by atoms with van der Waals surface area (Å²) in [4.78, 5) is 0. The van der Waals surface area contributed by atoms with Crippen LogP contribution in [0.15, 0.2) is 0 Å². The molecule has 0 amide bonds. The van der Waals surface area contributed by atoms with Crippen molar-refractivity contribution < 1.29 is 0 Å². The molecule has 0 spiro atoms. The lowest BCUT2D eigenvalue weighted by atomic mass is 9.76. The van der Waals surface area contributed by atoms with Crippen LogP contribution in [0.3, 0.4) is 0 Å². The van der Waals surface area contributed by atoms with E-state index in [1.165, 1.54) is 51.4 Å². The van der Waals surface area contributed by atoms with E-state index in [1.54, 1.807) is 0 Å². The van der Waals surface area contributed by atoms with Gasteiger partial charge < -0.3 is 0 Å². The average Bonchev–Trinajstić information content (AvgIpc) is 2.37. The predicted octanol–water partition coefficient (Wildman–Crippen LogP) is 5.67. The first-order chi connectivity index (χ1) is 7.72. The third kappa shape index (κ3) is 3.79. The van der Waals surface area contributed by atoms with Gasteiger partial charge in [-0.15, -0.1) is 0 Å². The standard InChI is InChI=1S/C16H32/c1-5-14-10-8-9-13(4)16(7-3)15(6-2)12-11-14/h13-16H,5-12H2,1-4H3. The van der Waals surface area contributed by atoms with Crippen LogP contribution in [0.5, 0.6) is 0 Å². The zero-order valence-corrected chi connectivity index (χ0v) is 12.0. The van der Waals surface area contributed by atoms with Crippen LogP contribution in [0.2, 0.25) is 0 Å². The van der Waals surface area contributed by atoms with Gasteiger partial charge in [-0.25, -0.2) is 0 Å². The van der Waals surface area contributed by atoms with E-state index >= 15 is 0 Å². The maximum atomic E-state index is 2.50. The molecule has 16 heavy (non-hydrogen) atoms. The van der Waals surface area contributed by atoms with Crippen molar-refractivity contribution in [3.8, 4) is 0 Å². The summed E-state index contributed by atoms with van der Waals surface area (Å²) >= 11 is 0. The van der Waals surface area contributed by atoms with E-state index in [2.05, 4.69) is 27.7 Å². The smallest absolute Gasteiger partial charge is 0.0363 e. The Labute approximate surface area is 103 Å². The first kappa shape index (κ1) is 14.1. The zero-order chi connectivity index (χ0) is 12.0. The van der Waals surface area contributed by atoms with Gasteiger partial charge in [-0.05, 0) is 30.1 Å². The van der Waals surface area contributed by atoms with Crippen LogP contribution in [0, 0.1) is 23.7 Å². The highest BCUT2D eigenvalue weighted by Gasteiger charge is 2.26. The van der Waals surface area contributed by atoms with Gasteiger partial charge in [0.05, 0.1) is 0 Å². The Hall–Kier alpha value is 0. The van der Waals surface area contributed by atoms with Gasteiger partial charge >= 0.3 is 0 Å². The molecule has 4 atom stereocenters. The van der Waals surface area contributed by atoms with Crippen LogP contribution in [0.25, 0.3) is 0 Å². The summed E-state index contributed by atoms with van der Waals surface area (Å²) in [5.41, 5.74) is 0. The molecule has 0 aliphatic heterocycles. The van der Waals surface area contributed by atoms with Crippen LogP contribution < -0.4 is 0 Å². The van der Waals surface area contributed by atoms with Gasteiger partial charge in [0, 0.05) is 0 Å². The normalized spacial score (nSPS) is 37.5. The van der Waals surface area contributed by atoms with Crippen molar-refractivity contribution in [2.45, 2.75) is 79.1 Å². The highest BCUT2D eigenvalue weighted by molar-refractivity contribution is 4.77. The molecule has 1 rings (SSSR count). The minimum absolute atomic E-state index is 0.963. The second kappa shape index (κ2) is 7.35. The molecule has 1 aliphatic rings. The Morgan fingerprint density at radius 1 is 0.812 bits per heavy atom. The molecule has 0 aromatic heterocycles. The molecule has 0 nitrogen and oxygen atoms in total. The number of rotatable bonds is 3. The lowest BCUT2D eigenvalue weighted by molar-refractivity contribution is 0.204. The first-order valence-corrected chi connectivity index (χ1v) is 7.72. The fourth-order valence-corrected chi connectivity index (χ4v) is 3.87. The molecule has 0 heterocycles. The first-order valence-electron chi connectivity index (χ1n) is 7.72. The fraction of sp³-hybridized carbons (Fsp3) is 1.00. The Kier molecular flexibility index (Phi) is 6.46. The molecule has 0 saturated heterocycles. The molecule has 1 saturated carbocycles. The summed E-state index contributed by atoms with van der Waals surface area (Å²) in [6.07, 6.45) is 11.7. The van der Waals surface area contributed by atoms with Crippen molar-refractivity contribution in [2.75, 3.05) is 0 Å². The molecule has 0 N–H and O–H groups in total. The van der Waals surface area contributed by atoms with Crippen molar-refractivity contribution in [3.63, 3.8) is 0 Å². The molecule has 0 bridgehead atoms. The largest absolute Gasteiger partial charge is 0.0651 e. The van der Waals surface area contributed by atoms with Gasteiger partial charge in [-0.1, -0.05) is 72.6 Å². The van der Waals surface area contributed by atoms with E-state index in [9.17, 15) is 0 Å². The quantitative estimate of drug-likeness (QED) is 0.580. The Morgan fingerprint density at radius 2 is 1.56 bits per heavy atom. The van der Waals surface area contributed by atoms with Crippen molar-refractivity contribution >= 4 is 0 Å². The van der Waals surface area contributed by atoms with E-state index in [0.717, 1.165) is 23.7 Å². The van der Waals surface area contributed by atoms with Gasteiger partial charge in [-0.2, -0.15) is 0 Å². The van der Waals surface area contributed by atoms with E-state index < -0.39 is 0 Å². The van der Waals surface area contributed by atoms with E-state index in [1.807, 2.05) is 0 Å². The molecular formula is C16H32. The van der Waals surface area contributed by atoms with Crippen LogP contribution in [0.4, 0.5) is 0 Å². The molecule has 0 heteroatoms. The number of hydrogen-bond acceptors (Lipinski definition) is 0. The zero-order valence-electron chi connectivity index (χ0n) is 12.0. The van der Waals surface area contributed by atoms with Crippen molar-refractivity contribution in [2.24, 2.45) is 23.7 Å². The molecule has 0 radical (unpaired) electrons. The van der Waals surface area contributed by atoms with Crippen molar-refractivity contribution in [3.05, 3.63) is 0 Å². The summed E-state index contributed by atoms with van der Waals surface area (Å²) in [7, 11) is 0. The van der Waals surface area contributed by atoms with Gasteiger partial charge in [0.2, 0.25) is 0 Å². The Balaban J connectivity index is 2.64. The number of hydrogen-bond donors (Lipinski definition) is 0. The second-order valence-corrected chi connectivity index (χ2v) is 6.00. The molecular weight excluding hydrogens is 192 g/mol. The maximum absolute atomic E-state index is 2.50. The van der Waals surface area contributed by atoms with Crippen LogP contribution >= 0.6 is 0 Å². The summed E-state index contributed by atoms with van der Waals surface area (Å²) in [5.74, 6) is 4.00. The average molecular weight is 224 g/mol. The van der Waals surface area contributed by atoms with Gasteiger partial charge in [0.1, 0.15) is 0 Å².